The van der Waals surface area contributed by atoms with Gasteiger partial charge in [0.15, 0.2) is 0 Å². The van der Waals surface area contributed by atoms with Crippen molar-refractivity contribution in [2.45, 2.75) is 32.9 Å². The average Bonchev–Trinajstić information content (AvgIpc) is 2.67. The predicted octanol–water partition coefficient (Wildman–Crippen LogP) is 3.32. The first-order valence-electron chi connectivity index (χ1n) is 8.81. The van der Waals surface area contributed by atoms with Crippen molar-refractivity contribution >= 4 is 17.8 Å². The highest BCUT2D eigenvalue weighted by atomic mass is 16.5. The van der Waals surface area contributed by atoms with Crippen molar-refractivity contribution in [1.82, 2.24) is 10.2 Å². The summed E-state index contributed by atoms with van der Waals surface area (Å²) in [5.74, 6) is 0.0791. The van der Waals surface area contributed by atoms with Gasteiger partial charge in [-0.1, -0.05) is 36.4 Å². The van der Waals surface area contributed by atoms with Crippen molar-refractivity contribution in [3.05, 3.63) is 70.3 Å². The van der Waals surface area contributed by atoms with Crippen molar-refractivity contribution in [1.29, 1.82) is 5.41 Å². The first-order chi connectivity index (χ1) is 12.9. The number of rotatable bonds is 3. The number of nitrogens with one attached hydrogen (secondary N) is 2. The molecule has 1 aliphatic rings. The zero-order valence-corrected chi connectivity index (χ0v) is 15.7. The minimum Gasteiger partial charge on any atom is -0.453 e. The molecular weight excluding hydrogens is 342 g/mol. The number of fused-ring (bicyclic) bond motifs is 1. The number of methoxy groups -OCH3 is 1. The molecule has 6 heteroatoms. The number of carbonyl (C=O) groups is 2. The molecule has 0 spiro atoms. The van der Waals surface area contributed by atoms with E-state index in [4.69, 9.17) is 5.41 Å². The fourth-order valence-electron chi connectivity index (χ4n) is 3.41. The summed E-state index contributed by atoms with van der Waals surface area (Å²) >= 11 is 0. The molecule has 2 N–H and O–H groups in total. The van der Waals surface area contributed by atoms with Crippen molar-refractivity contribution in [3.8, 4) is 0 Å². The molecule has 0 radical (unpaired) electrons. The van der Waals surface area contributed by atoms with Gasteiger partial charge in [0.1, 0.15) is 5.84 Å². The molecule has 0 saturated heterocycles. The molecule has 0 fully saturated rings. The van der Waals surface area contributed by atoms with Crippen molar-refractivity contribution in [2.24, 2.45) is 0 Å². The first kappa shape index (κ1) is 18.6. The number of benzene rings is 2. The van der Waals surface area contributed by atoms with Crippen LogP contribution in [-0.4, -0.2) is 29.8 Å². The summed E-state index contributed by atoms with van der Waals surface area (Å²) < 4.78 is 4.56. The number of amidine groups is 1. The van der Waals surface area contributed by atoms with Crippen LogP contribution in [0.5, 0.6) is 0 Å². The molecule has 2 aromatic carbocycles. The average molecular weight is 365 g/mol. The van der Waals surface area contributed by atoms with Crippen LogP contribution in [0.4, 0.5) is 4.79 Å². The Morgan fingerprint density at radius 1 is 1.22 bits per heavy atom. The summed E-state index contributed by atoms with van der Waals surface area (Å²) in [6, 6.07) is 13.7. The SMILES string of the molecule is COC(=O)NC(=N)c1cc2c(cc1C)CC(=O)N([C@H](C)c1ccccc1)C2. The third-order valence-electron chi connectivity index (χ3n) is 4.98. The number of hydrogen-bond donors (Lipinski definition) is 2. The van der Waals surface area contributed by atoms with Crippen LogP contribution in [-0.2, 0) is 22.5 Å². The number of nitrogens with zero attached hydrogens (tertiary/aromatic N) is 1. The van der Waals surface area contributed by atoms with Gasteiger partial charge in [0.2, 0.25) is 5.91 Å². The molecule has 1 heterocycles. The lowest BCUT2D eigenvalue weighted by Gasteiger charge is -2.34. The summed E-state index contributed by atoms with van der Waals surface area (Å²) in [4.78, 5) is 26.0. The van der Waals surface area contributed by atoms with Gasteiger partial charge in [0, 0.05) is 12.1 Å². The van der Waals surface area contributed by atoms with Gasteiger partial charge in [0.25, 0.3) is 0 Å². The molecule has 0 aliphatic carbocycles. The van der Waals surface area contributed by atoms with Gasteiger partial charge in [-0.05, 0) is 42.2 Å². The Morgan fingerprint density at radius 3 is 2.59 bits per heavy atom. The Balaban J connectivity index is 1.89. The normalized spacial score (nSPS) is 14.3. The topological polar surface area (TPSA) is 82.5 Å². The molecule has 0 aromatic heterocycles. The van der Waals surface area contributed by atoms with E-state index in [2.05, 4.69) is 10.1 Å². The summed E-state index contributed by atoms with van der Waals surface area (Å²) in [5, 5.41) is 10.5. The highest BCUT2D eigenvalue weighted by Gasteiger charge is 2.28. The molecule has 0 saturated carbocycles. The predicted molar refractivity (Wildman–Crippen MR) is 103 cm³/mol. The monoisotopic (exact) mass is 365 g/mol. The Morgan fingerprint density at radius 2 is 1.93 bits per heavy atom. The minimum atomic E-state index is -0.674. The van der Waals surface area contributed by atoms with E-state index < -0.39 is 6.09 Å². The molecule has 1 atom stereocenters. The molecule has 0 unspecified atom stereocenters. The highest BCUT2D eigenvalue weighted by Crippen LogP contribution is 2.30. The van der Waals surface area contributed by atoms with Crippen LogP contribution in [0, 0.1) is 12.3 Å². The van der Waals surface area contributed by atoms with E-state index in [-0.39, 0.29) is 17.8 Å². The number of ether oxygens (including phenoxy) is 1. The molecule has 0 bridgehead atoms. The lowest BCUT2D eigenvalue weighted by molar-refractivity contribution is -0.134. The molecular formula is C21H23N3O3. The maximum atomic E-state index is 12.7. The quantitative estimate of drug-likeness (QED) is 0.647. The maximum absolute atomic E-state index is 12.7. The molecule has 27 heavy (non-hydrogen) atoms. The van der Waals surface area contributed by atoms with Crippen molar-refractivity contribution < 1.29 is 14.3 Å². The van der Waals surface area contributed by atoms with E-state index in [9.17, 15) is 9.59 Å². The van der Waals surface area contributed by atoms with E-state index in [1.165, 1.54) is 7.11 Å². The zero-order chi connectivity index (χ0) is 19.6. The lowest BCUT2D eigenvalue weighted by Crippen LogP contribution is -2.38. The minimum absolute atomic E-state index is 0.0123. The number of amides is 2. The number of carbonyl (C=O) groups excluding carboxylic acids is 2. The Bertz CT molecular complexity index is 893. The molecule has 3 rings (SSSR count). The van der Waals surface area contributed by atoms with Gasteiger partial charge in [-0.2, -0.15) is 0 Å². The fraction of sp³-hybridized carbons (Fsp3) is 0.286. The molecule has 2 amide bonds. The Hall–Kier alpha value is -3.15. The van der Waals surface area contributed by atoms with E-state index in [0.29, 0.717) is 18.5 Å². The maximum Gasteiger partial charge on any atom is 0.412 e. The van der Waals surface area contributed by atoms with Gasteiger partial charge in [-0.15, -0.1) is 0 Å². The van der Waals surface area contributed by atoms with Crippen LogP contribution in [0.25, 0.3) is 0 Å². The smallest absolute Gasteiger partial charge is 0.412 e. The van der Waals surface area contributed by atoms with Crippen LogP contribution in [0.1, 0.15) is 40.8 Å². The highest BCUT2D eigenvalue weighted by molar-refractivity contribution is 6.05. The zero-order valence-electron chi connectivity index (χ0n) is 15.7. The molecule has 1 aliphatic heterocycles. The fourth-order valence-corrected chi connectivity index (χ4v) is 3.41. The van der Waals surface area contributed by atoms with E-state index >= 15 is 0 Å². The van der Waals surface area contributed by atoms with Crippen LogP contribution in [0.3, 0.4) is 0 Å². The lowest BCUT2D eigenvalue weighted by atomic mass is 9.92. The molecule has 2 aromatic rings. The second-order valence-electron chi connectivity index (χ2n) is 6.71. The number of hydrogen-bond acceptors (Lipinski definition) is 4. The van der Waals surface area contributed by atoms with Crippen molar-refractivity contribution in [3.63, 3.8) is 0 Å². The first-order valence-corrected chi connectivity index (χ1v) is 8.81. The summed E-state index contributed by atoms with van der Waals surface area (Å²) in [5.41, 5.74) is 4.52. The van der Waals surface area contributed by atoms with Crippen LogP contribution >= 0.6 is 0 Å². The molecule has 140 valence electrons. The molecule has 6 nitrogen and oxygen atoms in total. The Labute approximate surface area is 158 Å². The third-order valence-corrected chi connectivity index (χ3v) is 4.98. The summed E-state index contributed by atoms with van der Waals surface area (Å²) in [6.45, 7) is 4.36. The van der Waals surface area contributed by atoms with Crippen LogP contribution in [0.2, 0.25) is 0 Å². The van der Waals surface area contributed by atoms with E-state index in [0.717, 1.165) is 22.3 Å². The second-order valence-corrected chi connectivity index (χ2v) is 6.71. The van der Waals surface area contributed by atoms with Crippen molar-refractivity contribution in [2.75, 3.05) is 7.11 Å². The van der Waals surface area contributed by atoms with Crippen LogP contribution < -0.4 is 5.32 Å². The summed E-state index contributed by atoms with van der Waals surface area (Å²) in [7, 11) is 1.26. The van der Waals surface area contributed by atoms with E-state index in [1.807, 2.05) is 61.2 Å². The third kappa shape index (κ3) is 3.84. The van der Waals surface area contributed by atoms with E-state index in [1.54, 1.807) is 0 Å². The standard InChI is InChI=1S/C21H23N3O3/c1-13-9-16-11-19(25)24(14(2)15-7-5-4-6-8-15)12-17(16)10-18(13)20(22)23-21(26)27-3/h4-10,14H,11-12H2,1-3H3,(H2,22,23,26)/t14-/m1/s1. The van der Waals surface area contributed by atoms with Gasteiger partial charge in [0.05, 0.1) is 19.6 Å². The van der Waals surface area contributed by atoms with Gasteiger partial charge >= 0.3 is 6.09 Å². The largest absolute Gasteiger partial charge is 0.453 e. The Kier molecular flexibility index (Phi) is 5.26. The van der Waals surface area contributed by atoms with Gasteiger partial charge < -0.3 is 9.64 Å². The van der Waals surface area contributed by atoms with Crippen LogP contribution in [0.15, 0.2) is 42.5 Å². The van der Waals surface area contributed by atoms with Gasteiger partial charge in [-0.3, -0.25) is 15.5 Å². The van der Waals surface area contributed by atoms with Gasteiger partial charge in [-0.25, -0.2) is 4.79 Å². The number of alkyl carbamates (subject to hydrolysis) is 1. The second kappa shape index (κ2) is 7.61. The number of aryl methyl sites for hydroxylation is 1. The summed E-state index contributed by atoms with van der Waals surface area (Å²) in [6.07, 6.45) is -0.336.